The van der Waals surface area contributed by atoms with Crippen molar-refractivity contribution in [1.82, 2.24) is 14.7 Å². The number of aromatic nitrogens is 2. The fraction of sp³-hybridized carbons (Fsp3) is 0.421. The Hall–Kier alpha value is -2.41. The molecular weight excluding hydrogens is 373 g/mol. The highest BCUT2D eigenvalue weighted by atomic mass is 35.5. The van der Waals surface area contributed by atoms with Gasteiger partial charge in [0.1, 0.15) is 11.0 Å². The Morgan fingerprint density at radius 1 is 1.26 bits per heavy atom. The van der Waals surface area contributed by atoms with Gasteiger partial charge in [-0.15, -0.1) is 0 Å². The number of rotatable bonds is 4. The van der Waals surface area contributed by atoms with Crippen molar-refractivity contribution in [2.75, 3.05) is 19.7 Å². The lowest BCUT2D eigenvalue weighted by Crippen LogP contribution is -2.40. The second kappa shape index (κ2) is 8.08. The summed E-state index contributed by atoms with van der Waals surface area (Å²) in [5, 5.41) is 4.53. The quantitative estimate of drug-likeness (QED) is 0.747. The first-order chi connectivity index (χ1) is 12.9. The Morgan fingerprint density at radius 3 is 2.48 bits per heavy atom. The van der Waals surface area contributed by atoms with E-state index in [2.05, 4.69) is 5.10 Å². The second-order valence-electron chi connectivity index (χ2n) is 6.46. The van der Waals surface area contributed by atoms with Crippen LogP contribution in [0.1, 0.15) is 35.8 Å². The minimum absolute atomic E-state index is 0.174. The molecule has 8 heteroatoms. The van der Waals surface area contributed by atoms with Gasteiger partial charge >= 0.3 is 5.97 Å². The Labute approximate surface area is 161 Å². The van der Waals surface area contributed by atoms with Crippen molar-refractivity contribution in [1.29, 1.82) is 0 Å². The molecule has 0 unspecified atom stereocenters. The van der Waals surface area contributed by atoms with E-state index in [-0.39, 0.29) is 28.8 Å². The lowest BCUT2D eigenvalue weighted by Gasteiger charge is -2.30. The van der Waals surface area contributed by atoms with Crippen LogP contribution < -0.4 is 0 Å². The predicted molar refractivity (Wildman–Crippen MR) is 98.5 cm³/mol. The number of carbonyl (C=O) groups excluding carboxylic acids is 2. The molecule has 1 saturated heterocycles. The first-order valence-electron chi connectivity index (χ1n) is 8.89. The molecule has 1 aliphatic heterocycles. The maximum absolute atomic E-state index is 13.1. The van der Waals surface area contributed by atoms with Crippen LogP contribution in [-0.4, -0.2) is 46.3 Å². The molecule has 0 atom stereocenters. The largest absolute Gasteiger partial charge is 0.466 e. The number of amides is 1. The van der Waals surface area contributed by atoms with E-state index in [0.717, 1.165) is 0 Å². The van der Waals surface area contributed by atoms with E-state index >= 15 is 0 Å². The van der Waals surface area contributed by atoms with Gasteiger partial charge in [0.2, 0.25) is 0 Å². The number of nitrogens with zero attached hydrogens (tertiary/aromatic N) is 3. The van der Waals surface area contributed by atoms with Crippen molar-refractivity contribution < 1.29 is 18.7 Å². The molecule has 27 heavy (non-hydrogen) atoms. The fourth-order valence-corrected chi connectivity index (χ4v) is 3.58. The van der Waals surface area contributed by atoms with E-state index in [1.807, 2.05) is 0 Å². The second-order valence-corrected chi connectivity index (χ2v) is 6.82. The summed E-state index contributed by atoms with van der Waals surface area (Å²) in [6.07, 6.45) is 1.13. The zero-order valence-corrected chi connectivity index (χ0v) is 16.0. The van der Waals surface area contributed by atoms with E-state index < -0.39 is 0 Å². The highest BCUT2D eigenvalue weighted by Crippen LogP contribution is 2.27. The van der Waals surface area contributed by atoms with Crippen LogP contribution in [0.25, 0.3) is 5.69 Å². The van der Waals surface area contributed by atoms with Crippen LogP contribution in [0.5, 0.6) is 0 Å². The normalized spacial score (nSPS) is 15.0. The molecule has 0 bridgehead atoms. The Bertz CT molecular complexity index is 843. The summed E-state index contributed by atoms with van der Waals surface area (Å²) < 4.78 is 19.6. The Kier molecular flexibility index (Phi) is 5.79. The van der Waals surface area contributed by atoms with Crippen molar-refractivity contribution in [2.45, 2.75) is 26.7 Å². The molecule has 144 valence electrons. The van der Waals surface area contributed by atoms with Gasteiger partial charge in [-0.25, -0.2) is 9.07 Å². The van der Waals surface area contributed by atoms with Crippen LogP contribution in [0.4, 0.5) is 4.39 Å². The number of hydrogen-bond acceptors (Lipinski definition) is 4. The van der Waals surface area contributed by atoms with E-state index in [9.17, 15) is 14.0 Å². The number of esters is 1. The molecule has 0 aliphatic carbocycles. The van der Waals surface area contributed by atoms with Gasteiger partial charge in [0.05, 0.1) is 29.5 Å². The average molecular weight is 394 g/mol. The van der Waals surface area contributed by atoms with Crippen LogP contribution in [0.2, 0.25) is 5.15 Å². The number of likely N-dealkylation sites (tertiary alicyclic amines) is 1. The number of aryl methyl sites for hydroxylation is 1. The zero-order valence-electron chi connectivity index (χ0n) is 15.2. The number of carbonyl (C=O) groups is 2. The highest BCUT2D eigenvalue weighted by Gasteiger charge is 2.31. The molecule has 3 rings (SSSR count). The molecule has 1 fully saturated rings. The number of benzene rings is 1. The van der Waals surface area contributed by atoms with Crippen molar-refractivity contribution in [3.63, 3.8) is 0 Å². The summed E-state index contributed by atoms with van der Waals surface area (Å²) in [4.78, 5) is 26.5. The number of halogens is 2. The van der Waals surface area contributed by atoms with Crippen LogP contribution in [-0.2, 0) is 9.53 Å². The number of piperidine rings is 1. The average Bonchev–Trinajstić information content (AvgIpc) is 2.96. The summed E-state index contributed by atoms with van der Waals surface area (Å²) >= 11 is 6.42. The van der Waals surface area contributed by atoms with Crippen molar-refractivity contribution >= 4 is 23.5 Å². The first kappa shape index (κ1) is 19.4. The molecule has 1 aromatic carbocycles. The summed E-state index contributed by atoms with van der Waals surface area (Å²) in [5.41, 5.74) is 1.40. The number of hydrogen-bond donors (Lipinski definition) is 0. The van der Waals surface area contributed by atoms with Gasteiger partial charge in [-0.05, 0) is 51.0 Å². The van der Waals surface area contributed by atoms with Gasteiger partial charge in [-0.1, -0.05) is 11.6 Å². The summed E-state index contributed by atoms with van der Waals surface area (Å²) in [7, 11) is 0. The van der Waals surface area contributed by atoms with Crippen LogP contribution in [0.3, 0.4) is 0 Å². The molecule has 0 radical (unpaired) electrons. The van der Waals surface area contributed by atoms with Crippen LogP contribution >= 0.6 is 11.6 Å². The maximum Gasteiger partial charge on any atom is 0.309 e. The van der Waals surface area contributed by atoms with Gasteiger partial charge in [-0.3, -0.25) is 9.59 Å². The third kappa shape index (κ3) is 3.98. The van der Waals surface area contributed by atoms with E-state index in [1.165, 1.54) is 16.8 Å². The monoisotopic (exact) mass is 393 g/mol. The van der Waals surface area contributed by atoms with Crippen LogP contribution in [0, 0.1) is 18.7 Å². The molecule has 6 nitrogen and oxygen atoms in total. The Balaban J connectivity index is 1.76. The molecule has 2 heterocycles. The molecule has 0 N–H and O–H groups in total. The molecule has 0 saturated carbocycles. The third-order valence-electron chi connectivity index (χ3n) is 4.69. The SMILES string of the molecule is CCOC(=O)C1CCN(C(=O)c2c(C)nn(-c3ccc(F)cc3)c2Cl)CC1. The minimum Gasteiger partial charge on any atom is -0.466 e. The standard InChI is InChI=1S/C19H21ClFN3O3/c1-3-27-19(26)13-8-10-23(11-9-13)18(25)16-12(2)22-24(17(16)20)15-6-4-14(21)5-7-15/h4-7,13H,3,8-11H2,1-2H3. The van der Waals surface area contributed by atoms with Crippen molar-refractivity contribution in [3.8, 4) is 5.69 Å². The maximum atomic E-state index is 13.1. The van der Waals surface area contributed by atoms with E-state index in [1.54, 1.807) is 30.9 Å². The van der Waals surface area contributed by atoms with Gasteiger partial charge in [0, 0.05) is 13.1 Å². The van der Waals surface area contributed by atoms with E-state index in [4.69, 9.17) is 16.3 Å². The molecular formula is C19H21ClFN3O3. The van der Waals surface area contributed by atoms with Gasteiger partial charge in [0.15, 0.2) is 0 Å². The topological polar surface area (TPSA) is 64.4 Å². The Morgan fingerprint density at radius 2 is 1.89 bits per heavy atom. The van der Waals surface area contributed by atoms with Crippen LogP contribution in [0.15, 0.2) is 24.3 Å². The zero-order chi connectivity index (χ0) is 19.6. The summed E-state index contributed by atoms with van der Waals surface area (Å²) in [5.74, 6) is -0.955. The third-order valence-corrected chi connectivity index (χ3v) is 5.04. The molecule has 2 aromatic rings. The first-order valence-corrected chi connectivity index (χ1v) is 9.27. The molecule has 0 spiro atoms. The summed E-state index contributed by atoms with van der Waals surface area (Å²) in [6, 6.07) is 5.72. The summed E-state index contributed by atoms with van der Waals surface area (Å²) in [6.45, 7) is 4.76. The fourth-order valence-electron chi connectivity index (χ4n) is 3.23. The molecule has 1 aromatic heterocycles. The molecule has 1 aliphatic rings. The van der Waals surface area contributed by atoms with E-state index in [0.29, 0.717) is 49.5 Å². The van der Waals surface area contributed by atoms with Crippen molar-refractivity contribution in [3.05, 3.63) is 46.5 Å². The van der Waals surface area contributed by atoms with Gasteiger partial charge < -0.3 is 9.64 Å². The lowest BCUT2D eigenvalue weighted by atomic mass is 9.96. The van der Waals surface area contributed by atoms with Gasteiger partial charge in [-0.2, -0.15) is 5.10 Å². The lowest BCUT2D eigenvalue weighted by molar-refractivity contribution is -0.149. The minimum atomic E-state index is -0.362. The highest BCUT2D eigenvalue weighted by molar-refractivity contribution is 6.33. The molecule has 1 amide bonds. The van der Waals surface area contributed by atoms with Crippen molar-refractivity contribution in [2.24, 2.45) is 5.92 Å². The predicted octanol–water partition coefficient (Wildman–Crippen LogP) is 3.39. The van der Waals surface area contributed by atoms with Gasteiger partial charge in [0.25, 0.3) is 5.91 Å². The smallest absolute Gasteiger partial charge is 0.309 e. The number of ether oxygens (including phenoxy) is 1.